The van der Waals surface area contributed by atoms with E-state index in [1.54, 1.807) is 0 Å². The molecule has 0 aliphatic carbocycles. The third kappa shape index (κ3) is 4.29. The number of piperidine rings is 1. The topological polar surface area (TPSA) is 58.4 Å². The normalized spacial score (nSPS) is 16.0. The summed E-state index contributed by atoms with van der Waals surface area (Å²) in [7, 11) is 0. The standard InChI is InChI=1S/C14H19N3OS/c15-14(19)12-6-4-11(5-7-12)10-13(18)16-17-8-2-1-3-9-17/h4-7H,1-3,8-10H2,(H2,15,19)(H,16,18). The number of rotatable bonds is 4. The van der Waals surface area contributed by atoms with Crippen LogP contribution in [0.4, 0.5) is 0 Å². The van der Waals surface area contributed by atoms with Gasteiger partial charge in [-0.25, -0.2) is 5.01 Å². The molecule has 0 bridgehead atoms. The molecule has 4 nitrogen and oxygen atoms in total. The van der Waals surface area contributed by atoms with Gasteiger partial charge in [-0.05, 0) is 18.4 Å². The molecule has 0 aromatic heterocycles. The third-order valence-corrected chi connectivity index (χ3v) is 3.48. The highest BCUT2D eigenvalue weighted by atomic mass is 32.1. The Morgan fingerprint density at radius 2 is 1.84 bits per heavy atom. The molecule has 0 saturated carbocycles. The zero-order chi connectivity index (χ0) is 13.7. The minimum Gasteiger partial charge on any atom is -0.389 e. The maximum absolute atomic E-state index is 11.9. The lowest BCUT2D eigenvalue weighted by molar-refractivity contribution is -0.125. The van der Waals surface area contributed by atoms with Crippen molar-refractivity contribution in [2.45, 2.75) is 25.7 Å². The molecular weight excluding hydrogens is 258 g/mol. The summed E-state index contributed by atoms with van der Waals surface area (Å²) in [6, 6.07) is 7.49. The van der Waals surface area contributed by atoms with Crippen LogP contribution in [0.3, 0.4) is 0 Å². The number of benzene rings is 1. The van der Waals surface area contributed by atoms with Crippen molar-refractivity contribution in [1.82, 2.24) is 10.4 Å². The summed E-state index contributed by atoms with van der Waals surface area (Å²) in [6.45, 7) is 1.90. The molecular formula is C14H19N3OS. The average molecular weight is 277 g/mol. The maximum Gasteiger partial charge on any atom is 0.238 e. The zero-order valence-electron chi connectivity index (χ0n) is 10.9. The van der Waals surface area contributed by atoms with E-state index in [4.69, 9.17) is 18.0 Å². The van der Waals surface area contributed by atoms with Crippen LogP contribution >= 0.6 is 12.2 Å². The van der Waals surface area contributed by atoms with Gasteiger partial charge in [-0.15, -0.1) is 0 Å². The zero-order valence-corrected chi connectivity index (χ0v) is 11.7. The van der Waals surface area contributed by atoms with Gasteiger partial charge in [0.25, 0.3) is 0 Å². The molecule has 1 saturated heterocycles. The molecule has 1 aromatic carbocycles. The van der Waals surface area contributed by atoms with Gasteiger partial charge in [0.05, 0.1) is 6.42 Å². The van der Waals surface area contributed by atoms with Gasteiger partial charge in [-0.3, -0.25) is 10.2 Å². The minimum atomic E-state index is 0.0324. The molecule has 5 heteroatoms. The fraction of sp³-hybridized carbons (Fsp3) is 0.429. The van der Waals surface area contributed by atoms with E-state index >= 15 is 0 Å². The number of carbonyl (C=O) groups is 1. The molecule has 0 unspecified atom stereocenters. The van der Waals surface area contributed by atoms with E-state index in [1.165, 1.54) is 6.42 Å². The monoisotopic (exact) mass is 277 g/mol. The van der Waals surface area contributed by atoms with E-state index in [2.05, 4.69) is 5.43 Å². The summed E-state index contributed by atoms with van der Waals surface area (Å²) in [4.78, 5) is 12.3. The van der Waals surface area contributed by atoms with Gasteiger partial charge in [0, 0.05) is 18.7 Å². The highest BCUT2D eigenvalue weighted by molar-refractivity contribution is 7.80. The first-order chi connectivity index (χ1) is 9.15. The average Bonchev–Trinajstić information content (AvgIpc) is 2.40. The molecule has 1 aliphatic rings. The predicted octanol–water partition coefficient (Wildman–Crippen LogP) is 1.38. The van der Waals surface area contributed by atoms with Crippen molar-refractivity contribution in [1.29, 1.82) is 0 Å². The van der Waals surface area contributed by atoms with Crippen LogP contribution < -0.4 is 11.2 Å². The third-order valence-electron chi connectivity index (χ3n) is 3.24. The molecule has 2 rings (SSSR count). The lowest BCUT2D eigenvalue weighted by atomic mass is 10.1. The summed E-state index contributed by atoms with van der Waals surface area (Å²) in [6.07, 6.45) is 3.95. The number of nitrogens with one attached hydrogen (secondary N) is 1. The maximum atomic E-state index is 11.9. The first-order valence-corrected chi connectivity index (χ1v) is 6.99. The molecule has 1 fully saturated rings. The summed E-state index contributed by atoms with van der Waals surface area (Å²) < 4.78 is 0. The Morgan fingerprint density at radius 1 is 1.21 bits per heavy atom. The molecule has 1 aliphatic heterocycles. The fourth-order valence-corrected chi connectivity index (χ4v) is 2.33. The highest BCUT2D eigenvalue weighted by Gasteiger charge is 2.12. The van der Waals surface area contributed by atoms with Crippen molar-refractivity contribution in [3.63, 3.8) is 0 Å². The fourth-order valence-electron chi connectivity index (χ4n) is 2.19. The second-order valence-corrected chi connectivity index (χ2v) is 5.26. The molecule has 3 N–H and O–H groups in total. The van der Waals surface area contributed by atoms with Crippen LogP contribution in [0.2, 0.25) is 0 Å². The van der Waals surface area contributed by atoms with Crippen molar-refractivity contribution >= 4 is 23.1 Å². The van der Waals surface area contributed by atoms with Crippen LogP contribution in [0.25, 0.3) is 0 Å². The quantitative estimate of drug-likeness (QED) is 0.816. The summed E-state index contributed by atoms with van der Waals surface area (Å²) in [5.74, 6) is 0.0324. The Balaban J connectivity index is 1.85. The molecule has 1 aromatic rings. The Kier molecular flexibility index (Phi) is 4.87. The number of nitrogens with two attached hydrogens (primary N) is 1. The Bertz CT molecular complexity index is 452. The van der Waals surface area contributed by atoms with E-state index < -0.39 is 0 Å². The number of carbonyl (C=O) groups excluding carboxylic acids is 1. The van der Waals surface area contributed by atoms with Gasteiger partial charge >= 0.3 is 0 Å². The van der Waals surface area contributed by atoms with E-state index in [-0.39, 0.29) is 5.91 Å². The molecule has 0 spiro atoms. The SMILES string of the molecule is NC(=S)c1ccc(CC(=O)NN2CCCCC2)cc1. The molecule has 0 atom stereocenters. The number of nitrogens with zero attached hydrogens (tertiary/aromatic N) is 1. The van der Waals surface area contributed by atoms with E-state index in [0.717, 1.165) is 37.1 Å². The largest absolute Gasteiger partial charge is 0.389 e. The highest BCUT2D eigenvalue weighted by Crippen LogP contribution is 2.08. The van der Waals surface area contributed by atoms with Gasteiger partial charge in [0.15, 0.2) is 0 Å². The molecule has 1 amide bonds. The van der Waals surface area contributed by atoms with Crippen molar-refractivity contribution < 1.29 is 4.79 Å². The van der Waals surface area contributed by atoms with Gasteiger partial charge in [0.2, 0.25) is 5.91 Å². The van der Waals surface area contributed by atoms with Gasteiger partial charge < -0.3 is 5.73 Å². The molecule has 0 radical (unpaired) electrons. The number of hydrogen-bond acceptors (Lipinski definition) is 3. The van der Waals surface area contributed by atoms with Crippen molar-refractivity contribution in [3.8, 4) is 0 Å². The number of hydrogen-bond donors (Lipinski definition) is 2. The van der Waals surface area contributed by atoms with E-state index in [1.807, 2.05) is 29.3 Å². The minimum absolute atomic E-state index is 0.0324. The van der Waals surface area contributed by atoms with Crippen molar-refractivity contribution in [3.05, 3.63) is 35.4 Å². The Hall–Kier alpha value is -1.46. The second kappa shape index (κ2) is 6.63. The first kappa shape index (κ1) is 14.0. The van der Waals surface area contributed by atoms with E-state index in [0.29, 0.717) is 11.4 Å². The van der Waals surface area contributed by atoms with Crippen LogP contribution in [-0.4, -0.2) is 29.0 Å². The van der Waals surface area contributed by atoms with Gasteiger partial charge in [-0.2, -0.15) is 0 Å². The van der Waals surface area contributed by atoms with Gasteiger partial charge in [0.1, 0.15) is 4.99 Å². The second-order valence-electron chi connectivity index (χ2n) is 4.82. The molecule has 19 heavy (non-hydrogen) atoms. The Morgan fingerprint density at radius 3 is 2.42 bits per heavy atom. The molecule has 1 heterocycles. The van der Waals surface area contributed by atoms with Crippen molar-refractivity contribution in [2.75, 3.05) is 13.1 Å². The van der Waals surface area contributed by atoms with Crippen LogP contribution in [0.1, 0.15) is 30.4 Å². The lowest BCUT2D eigenvalue weighted by Gasteiger charge is -2.26. The van der Waals surface area contributed by atoms with Crippen LogP contribution in [-0.2, 0) is 11.2 Å². The Labute approximate surface area is 118 Å². The number of thiocarbonyl (C=S) groups is 1. The summed E-state index contributed by atoms with van der Waals surface area (Å²) >= 11 is 4.89. The first-order valence-electron chi connectivity index (χ1n) is 6.58. The smallest absolute Gasteiger partial charge is 0.238 e. The van der Waals surface area contributed by atoms with Crippen LogP contribution in [0.15, 0.2) is 24.3 Å². The lowest BCUT2D eigenvalue weighted by Crippen LogP contribution is -2.45. The number of amides is 1. The summed E-state index contributed by atoms with van der Waals surface area (Å²) in [5, 5.41) is 2.01. The molecule has 102 valence electrons. The predicted molar refractivity (Wildman–Crippen MR) is 79.6 cm³/mol. The van der Waals surface area contributed by atoms with Gasteiger partial charge in [-0.1, -0.05) is 42.9 Å². The summed E-state index contributed by atoms with van der Waals surface area (Å²) in [5.41, 5.74) is 10.3. The number of hydrazine groups is 1. The van der Waals surface area contributed by atoms with E-state index in [9.17, 15) is 4.79 Å². The van der Waals surface area contributed by atoms with Crippen LogP contribution in [0.5, 0.6) is 0 Å². The van der Waals surface area contributed by atoms with Crippen LogP contribution in [0, 0.1) is 0 Å². The van der Waals surface area contributed by atoms with Crippen molar-refractivity contribution in [2.24, 2.45) is 5.73 Å².